The Morgan fingerprint density at radius 3 is 2.75 bits per heavy atom. The number of nitrogens with zero attached hydrogens (tertiary/aromatic N) is 1. The van der Waals surface area contributed by atoms with E-state index >= 15 is 0 Å². The molecule has 0 aliphatic rings. The first-order chi connectivity index (χ1) is 9.70. The van der Waals surface area contributed by atoms with Crippen LogP contribution in [0.5, 0.6) is 0 Å². The maximum absolute atomic E-state index is 12.0. The topological polar surface area (TPSA) is 64.4 Å². The Balaban J connectivity index is 2.08. The Morgan fingerprint density at radius 2 is 2.15 bits per heavy atom. The fourth-order valence-electron chi connectivity index (χ4n) is 1.91. The van der Waals surface area contributed by atoms with Crippen LogP contribution in [0.25, 0.3) is 0 Å². The van der Waals surface area contributed by atoms with Gasteiger partial charge in [-0.15, -0.1) is 0 Å². The van der Waals surface area contributed by atoms with Gasteiger partial charge in [0.1, 0.15) is 6.04 Å². The van der Waals surface area contributed by atoms with Crippen molar-refractivity contribution in [3.05, 3.63) is 53.4 Å². The van der Waals surface area contributed by atoms with Gasteiger partial charge < -0.3 is 9.26 Å². The van der Waals surface area contributed by atoms with E-state index < -0.39 is 6.04 Å². The molecule has 0 fully saturated rings. The van der Waals surface area contributed by atoms with Crippen LogP contribution in [0.2, 0.25) is 0 Å². The molecule has 106 valence electrons. The third-order valence-corrected chi connectivity index (χ3v) is 2.81. The molecule has 1 N–H and O–H groups in total. The maximum Gasteiger partial charge on any atom is 0.327 e. The predicted molar refractivity (Wildman–Crippen MR) is 73.9 cm³/mol. The van der Waals surface area contributed by atoms with Crippen LogP contribution in [0, 0.1) is 6.92 Å². The Bertz CT molecular complexity index is 551. The van der Waals surface area contributed by atoms with Gasteiger partial charge in [0.05, 0.1) is 18.8 Å². The molecule has 0 radical (unpaired) electrons. The lowest BCUT2D eigenvalue weighted by Gasteiger charge is -2.16. The van der Waals surface area contributed by atoms with Gasteiger partial charge in [-0.05, 0) is 19.4 Å². The summed E-state index contributed by atoms with van der Waals surface area (Å²) >= 11 is 0. The first-order valence-corrected chi connectivity index (χ1v) is 6.58. The van der Waals surface area contributed by atoms with Crippen molar-refractivity contribution in [1.29, 1.82) is 0 Å². The van der Waals surface area contributed by atoms with E-state index in [-0.39, 0.29) is 5.97 Å². The molecule has 1 unspecified atom stereocenters. The third kappa shape index (κ3) is 3.68. The highest BCUT2D eigenvalue weighted by Gasteiger charge is 2.21. The second-order valence-electron chi connectivity index (χ2n) is 4.41. The summed E-state index contributed by atoms with van der Waals surface area (Å²) in [6, 6.07) is 10.8. The predicted octanol–water partition coefficient (Wildman–Crippen LogP) is 2.38. The fraction of sp³-hybridized carbons (Fsp3) is 0.333. The minimum atomic E-state index is -0.512. The monoisotopic (exact) mass is 274 g/mol. The van der Waals surface area contributed by atoms with Crippen LogP contribution in [0.4, 0.5) is 0 Å². The first-order valence-electron chi connectivity index (χ1n) is 6.58. The highest BCUT2D eigenvalue weighted by atomic mass is 16.5. The summed E-state index contributed by atoms with van der Waals surface area (Å²) < 4.78 is 10.2. The molecule has 1 heterocycles. The van der Waals surface area contributed by atoms with Crippen LogP contribution < -0.4 is 5.32 Å². The van der Waals surface area contributed by atoms with E-state index in [1.54, 1.807) is 6.92 Å². The zero-order chi connectivity index (χ0) is 14.4. The zero-order valence-electron chi connectivity index (χ0n) is 11.6. The number of rotatable bonds is 6. The summed E-state index contributed by atoms with van der Waals surface area (Å²) in [4.78, 5) is 12.0. The van der Waals surface area contributed by atoms with Crippen molar-refractivity contribution in [2.24, 2.45) is 0 Å². The van der Waals surface area contributed by atoms with Crippen molar-refractivity contribution in [2.45, 2.75) is 26.4 Å². The van der Waals surface area contributed by atoms with E-state index in [0.29, 0.717) is 18.9 Å². The molecule has 0 spiro atoms. The van der Waals surface area contributed by atoms with Crippen LogP contribution in [-0.2, 0) is 16.1 Å². The molecule has 20 heavy (non-hydrogen) atoms. The maximum atomic E-state index is 12.0. The Hall–Kier alpha value is -2.14. The molecule has 1 aromatic heterocycles. The number of benzene rings is 1. The van der Waals surface area contributed by atoms with Crippen LogP contribution in [-0.4, -0.2) is 17.7 Å². The molecule has 5 nitrogen and oxygen atoms in total. The number of aryl methyl sites for hydroxylation is 1. The number of carbonyl (C=O) groups excluding carboxylic acids is 1. The minimum Gasteiger partial charge on any atom is -0.465 e. The lowest BCUT2D eigenvalue weighted by molar-refractivity contribution is -0.145. The van der Waals surface area contributed by atoms with E-state index in [4.69, 9.17) is 9.26 Å². The average Bonchev–Trinajstić information content (AvgIpc) is 2.86. The van der Waals surface area contributed by atoms with Crippen molar-refractivity contribution in [3.63, 3.8) is 0 Å². The number of nitrogens with one attached hydrogen (secondary N) is 1. The lowest BCUT2D eigenvalue weighted by Crippen LogP contribution is -2.29. The van der Waals surface area contributed by atoms with Crippen LogP contribution in [0.15, 0.2) is 40.9 Å². The second kappa shape index (κ2) is 6.86. The van der Waals surface area contributed by atoms with Gasteiger partial charge in [-0.2, -0.15) is 0 Å². The number of aromatic nitrogens is 1. The molecule has 2 aromatic rings. The summed E-state index contributed by atoms with van der Waals surface area (Å²) in [5.74, 6) is 0.391. The van der Waals surface area contributed by atoms with Crippen LogP contribution in [0.1, 0.15) is 30.0 Å². The van der Waals surface area contributed by atoms with Gasteiger partial charge in [0.15, 0.2) is 5.76 Å². The summed E-state index contributed by atoms with van der Waals surface area (Å²) in [5.41, 5.74) is 1.68. The van der Waals surface area contributed by atoms with Gasteiger partial charge in [0.2, 0.25) is 0 Å². The van der Waals surface area contributed by atoms with Crippen molar-refractivity contribution < 1.29 is 14.1 Å². The van der Waals surface area contributed by atoms with Gasteiger partial charge >= 0.3 is 5.97 Å². The van der Waals surface area contributed by atoms with Gasteiger partial charge in [-0.25, -0.2) is 4.79 Å². The number of hydrogen-bond acceptors (Lipinski definition) is 5. The van der Waals surface area contributed by atoms with E-state index in [2.05, 4.69) is 10.5 Å². The van der Waals surface area contributed by atoms with E-state index in [0.717, 1.165) is 11.3 Å². The second-order valence-corrected chi connectivity index (χ2v) is 4.41. The number of hydrogen-bond donors (Lipinski definition) is 1. The number of carbonyl (C=O) groups is 1. The van der Waals surface area contributed by atoms with Gasteiger partial charge in [0, 0.05) is 6.07 Å². The van der Waals surface area contributed by atoms with Crippen molar-refractivity contribution in [1.82, 2.24) is 10.5 Å². The highest BCUT2D eigenvalue weighted by Crippen LogP contribution is 2.15. The summed E-state index contributed by atoms with van der Waals surface area (Å²) in [6.07, 6.45) is 0. The lowest BCUT2D eigenvalue weighted by atomic mass is 10.1. The Morgan fingerprint density at radius 1 is 1.40 bits per heavy atom. The fourth-order valence-corrected chi connectivity index (χ4v) is 1.91. The molecular weight excluding hydrogens is 256 g/mol. The smallest absolute Gasteiger partial charge is 0.327 e. The summed E-state index contributed by atoms with van der Waals surface area (Å²) in [6.45, 7) is 4.41. The van der Waals surface area contributed by atoms with E-state index in [9.17, 15) is 4.79 Å². The SMILES string of the molecule is CCOC(=O)C(NCc1cc(C)no1)c1ccccc1. The number of esters is 1. The number of ether oxygens (including phenoxy) is 1. The molecule has 0 aliphatic heterocycles. The first kappa shape index (κ1) is 14.3. The van der Waals surface area contributed by atoms with Crippen LogP contribution in [0.3, 0.4) is 0 Å². The van der Waals surface area contributed by atoms with E-state index in [1.165, 1.54) is 0 Å². The van der Waals surface area contributed by atoms with Gasteiger partial charge in [-0.1, -0.05) is 35.5 Å². The molecule has 1 atom stereocenters. The largest absolute Gasteiger partial charge is 0.465 e. The van der Waals surface area contributed by atoms with Crippen molar-refractivity contribution in [2.75, 3.05) is 6.61 Å². The third-order valence-electron chi connectivity index (χ3n) is 2.81. The molecular formula is C15H18N2O3. The normalized spacial score (nSPS) is 12.1. The molecule has 0 saturated carbocycles. The molecule has 0 saturated heterocycles. The molecule has 0 aliphatic carbocycles. The van der Waals surface area contributed by atoms with Crippen LogP contribution >= 0.6 is 0 Å². The summed E-state index contributed by atoms with van der Waals surface area (Å²) in [5, 5.41) is 6.96. The van der Waals surface area contributed by atoms with Crippen molar-refractivity contribution in [3.8, 4) is 0 Å². The molecule has 0 bridgehead atoms. The molecule has 5 heteroatoms. The minimum absolute atomic E-state index is 0.296. The van der Waals surface area contributed by atoms with Gasteiger partial charge in [-0.3, -0.25) is 5.32 Å². The zero-order valence-corrected chi connectivity index (χ0v) is 11.6. The van der Waals surface area contributed by atoms with Crippen molar-refractivity contribution >= 4 is 5.97 Å². The Kier molecular flexibility index (Phi) is 4.90. The highest BCUT2D eigenvalue weighted by molar-refractivity contribution is 5.77. The Labute approximate surface area is 117 Å². The molecule has 0 amide bonds. The van der Waals surface area contributed by atoms with Gasteiger partial charge in [0.25, 0.3) is 0 Å². The summed E-state index contributed by atoms with van der Waals surface area (Å²) in [7, 11) is 0. The molecule has 1 aromatic carbocycles. The average molecular weight is 274 g/mol. The molecule has 2 rings (SSSR count). The standard InChI is InChI=1S/C15H18N2O3/c1-3-19-15(18)14(12-7-5-4-6-8-12)16-10-13-9-11(2)17-20-13/h4-9,14,16H,3,10H2,1-2H3. The quantitative estimate of drug-likeness (QED) is 0.819. The van der Waals surface area contributed by atoms with E-state index in [1.807, 2.05) is 43.3 Å².